The Kier molecular flexibility index (Phi) is 6.50. The lowest BCUT2D eigenvalue weighted by molar-refractivity contribution is 0.00869. The molecule has 0 saturated heterocycles. The predicted octanol–water partition coefficient (Wildman–Crippen LogP) is 4.34. The molecule has 0 amide bonds. The lowest BCUT2D eigenvalue weighted by Crippen LogP contribution is -2.36. The van der Waals surface area contributed by atoms with Gasteiger partial charge in [-0.25, -0.2) is 4.79 Å². The summed E-state index contributed by atoms with van der Waals surface area (Å²) in [6.07, 6.45) is 0.0226. The second kappa shape index (κ2) is 9.19. The summed E-state index contributed by atoms with van der Waals surface area (Å²) in [5, 5.41) is 11.2. The van der Waals surface area contributed by atoms with Crippen LogP contribution in [0.5, 0.6) is 28.7 Å². The highest BCUT2D eigenvalue weighted by Crippen LogP contribution is 2.56. The molecule has 0 saturated carbocycles. The van der Waals surface area contributed by atoms with Crippen molar-refractivity contribution in [3.8, 4) is 28.7 Å². The Balaban J connectivity index is 0.00000126. The molecule has 2 aromatic carbocycles. The van der Waals surface area contributed by atoms with Gasteiger partial charge in [0.25, 0.3) is 0 Å². The van der Waals surface area contributed by atoms with Crippen molar-refractivity contribution in [2.45, 2.75) is 38.3 Å². The summed E-state index contributed by atoms with van der Waals surface area (Å²) in [5.41, 5.74) is 3.37. The van der Waals surface area contributed by atoms with Gasteiger partial charge in [-0.1, -0.05) is 19.9 Å². The van der Waals surface area contributed by atoms with Crippen molar-refractivity contribution in [3.63, 3.8) is 0 Å². The number of halogens is 1. The maximum absolute atomic E-state index is 12.9. The molecular formula is C24H28ClNO7. The molecule has 0 fully saturated rings. The smallest absolute Gasteiger partial charge is 0.343 e. The van der Waals surface area contributed by atoms with E-state index >= 15 is 0 Å². The summed E-state index contributed by atoms with van der Waals surface area (Å²) in [5.74, 6) is 1.29. The number of hydrogen-bond acceptors (Lipinski definition) is 8. The largest absolute Gasteiger partial charge is 0.504 e. The Morgan fingerprint density at radius 3 is 2.58 bits per heavy atom. The molecule has 3 aliphatic rings. The Labute approximate surface area is 197 Å². The van der Waals surface area contributed by atoms with Crippen molar-refractivity contribution in [1.29, 1.82) is 0 Å². The molecule has 178 valence electrons. The summed E-state index contributed by atoms with van der Waals surface area (Å²) in [6.45, 7) is 4.71. The summed E-state index contributed by atoms with van der Waals surface area (Å²) >= 11 is 6.27. The van der Waals surface area contributed by atoms with Gasteiger partial charge in [-0.3, -0.25) is 4.90 Å². The molecule has 0 aromatic heterocycles. The van der Waals surface area contributed by atoms with Gasteiger partial charge in [0, 0.05) is 23.2 Å². The van der Waals surface area contributed by atoms with Crippen LogP contribution < -0.4 is 18.9 Å². The minimum atomic E-state index is -0.652. The zero-order valence-corrected chi connectivity index (χ0v) is 20.1. The van der Waals surface area contributed by atoms with E-state index < -0.39 is 18.1 Å². The van der Waals surface area contributed by atoms with Crippen molar-refractivity contribution in [3.05, 3.63) is 39.9 Å². The quantitative estimate of drug-likeness (QED) is 0.514. The number of aromatic hydroxyl groups is 1. The van der Waals surface area contributed by atoms with E-state index in [1.807, 2.05) is 20.9 Å². The Morgan fingerprint density at radius 2 is 1.91 bits per heavy atom. The van der Waals surface area contributed by atoms with Crippen LogP contribution in [0.3, 0.4) is 0 Å². The third-order valence-corrected chi connectivity index (χ3v) is 6.54. The monoisotopic (exact) mass is 477 g/mol. The molecule has 0 radical (unpaired) electrons. The number of carbonyl (C=O) groups is 1. The summed E-state index contributed by atoms with van der Waals surface area (Å²) in [4.78, 5) is 14.9. The number of hydrogen-bond donors (Lipinski definition) is 1. The first kappa shape index (κ1) is 23.3. The minimum Gasteiger partial charge on any atom is -0.504 e. The van der Waals surface area contributed by atoms with Crippen LogP contribution in [0.15, 0.2) is 12.1 Å². The molecule has 2 atom stereocenters. The first-order valence-corrected chi connectivity index (χ1v) is 11.4. The van der Waals surface area contributed by atoms with E-state index in [1.54, 1.807) is 12.1 Å². The standard InChI is InChI=1S/C22H22ClNO7.C2H6/c1-24-7-6-10-12(8-23)19-21(30-9-29-19)17(25)14(10)16(24)18-11-4-5-13(27-2)20(28-3)15(11)22(26)31-18;1-2/h4-5,16,18,25H,6-9H2,1-3H3;1-2H3. The highest BCUT2D eigenvalue weighted by atomic mass is 35.5. The molecule has 1 N–H and O–H groups in total. The summed E-state index contributed by atoms with van der Waals surface area (Å²) < 4.78 is 27.8. The number of phenolic OH excluding ortho intramolecular Hbond substituents is 1. The maximum Gasteiger partial charge on any atom is 0.343 e. The second-order valence-corrected chi connectivity index (χ2v) is 7.95. The van der Waals surface area contributed by atoms with Crippen LogP contribution >= 0.6 is 11.6 Å². The van der Waals surface area contributed by atoms with Gasteiger partial charge in [0.05, 0.1) is 26.1 Å². The first-order chi connectivity index (χ1) is 16.0. The van der Waals surface area contributed by atoms with Crippen LogP contribution in [0.2, 0.25) is 0 Å². The van der Waals surface area contributed by atoms with Crippen molar-refractivity contribution in [1.82, 2.24) is 4.90 Å². The molecule has 5 rings (SSSR count). The van der Waals surface area contributed by atoms with Gasteiger partial charge in [0.2, 0.25) is 12.5 Å². The highest BCUT2D eigenvalue weighted by molar-refractivity contribution is 6.17. The Morgan fingerprint density at radius 1 is 1.18 bits per heavy atom. The van der Waals surface area contributed by atoms with Gasteiger partial charge < -0.3 is 28.8 Å². The summed E-state index contributed by atoms with van der Waals surface area (Å²) in [7, 11) is 4.94. The highest BCUT2D eigenvalue weighted by Gasteiger charge is 2.46. The Bertz CT molecular complexity index is 1090. The molecule has 3 heterocycles. The fourth-order valence-electron chi connectivity index (χ4n) is 4.88. The molecule has 0 aliphatic carbocycles. The van der Waals surface area contributed by atoms with E-state index in [0.29, 0.717) is 46.9 Å². The van der Waals surface area contributed by atoms with Gasteiger partial charge in [-0.2, -0.15) is 0 Å². The van der Waals surface area contributed by atoms with Gasteiger partial charge in [-0.05, 0) is 25.1 Å². The molecule has 33 heavy (non-hydrogen) atoms. The second-order valence-electron chi connectivity index (χ2n) is 7.68. The fraction of sp³-hybridized carbons (Fsp3) is 0.458. The van der Waals surface area contributed by atoms with E-state index in [9.17, 15) is 9.90 Å². The number of rotatable bonds is 4. The molecular weight excluding hydrogens is 450 g/mol. The van der Waals surface area contributed by atoms with E-state index in [1.165, 1.54) is 14.2 Å². The first-order valence-electron chi connectivity index (χ1n) is 10.9. The molecule has 9 heteroatoms. The molecule has 2 aromatic rings. The molecule has 3 aliphatic heterocycles. The average Bonchev–Trinajstić information content (AvgIpc) is 3.45. The predicted molar refractivity (Wildman–Crippen MR) is 122 cm³/mol. The third-order valence-electron chi connectivity index (χ3n) is 6.27. The summed E-state index contributed by atoms with van der Waals surface area (Å²) in [6, 6.07) is 3.12. The molecule has 2 unspecified atom stereocenters. The van der Waals surface area contributed by atoms with Crippen molar-refractivity contribution in [2.24, 2.45) is 0 Å². The van der Waals surface area contributed by atoms with Crippen LogP contribution in [0.4, 0.5) is 0 Å². The van der Waals surface area contributed by atoms with Crippen molar-refractivity contribution >= 4 is 17.6 Å². The SMILES string of the molecule is CC.COc1ccc2c(c1OC)C(=O)OC2C1c2c(O)c3c(c(CCl)c2CCN1C)OCO3. The number of alkyl halides is 1. The number of benzene rings is 2. The van der Waals surface area contributed by atoms with Crippen molar-refractivity contribution in [2.75, 3.05) is 34.6 Å². The normalized spacial score (nSPS) is 20.4. The van der Waals surface area contributed by atoms with Gasteiger partial charge in [0.15, 0.2) is 23.0 Å². The molecule has 0 spiro atoms. The van der Waals surface area contributed by atoms with Crippen LogP contribution in [-0.2, 0) is 17.0 Å². The fourth-order valence-corrected chi connectivity index (χ4v) is 5.16. The lowest BCUT2D eigenvalue weighted by Gasteiger charge is -2.38. The lowest BCUT2D eigenvalue weighted by atomic mass is 9.83. The topological polar surface area (TPSA) is 86.7 Å². The maximum atomic E-state index is 12.9. The zero-order valence-electron chi connectivity index (χ0n) is 19.4. The minimum absolute atomic E-state index is 0.00195. The molecule has 8 nitrogen and oxygen atoms in total. The zero-order chi connectivity index (χ0) is 23.9. The van der Waals surface area contributed by atoms with Crippen molar-refractivity contribution < 1.29 is 33.6 Å². The number of phenols is 1. The number of methoxy groups -OCH3 is 2. The number of esters is 1. The van der Waals surface area contributed by atoms with Gasteiger partial charge >= 0.3 is 5.97 Å². The van der Waals surface area contributed by atoms with Gasteiger partial charge in [0.1, 0.15) is 11.7 Å². The number of ether oxygens (including phenoxy) is 5. The number of fused-ring (bicyclic) bond motifs is 3. The van der Waals surface area contributed by atoms with Crippen LogP contribution in [0.25, 0.3) is 0 Å². The number of cyclic esters (lactones) is 1. The molecule has 0 bridgehead atoms. The van der Waals surface area contributed by atoms with E-state index in [0.717, 1.165) is 11.1 Å². The van der Waals surface area contributed by atoms with E-state index in [-0.39, 0.29) is 24.2 Å². The number of carbonyl (C=O) groups excluding carboxylic acids is 1. The van der Waals surface area contributed by atoms with Crippen LogP contribution in [-0.4, -0.2) is 50.6 Å². The van der Waals surface area contributed by atoms with E-state index in [2.05, 4.69) is 4.90 Å². The number of likely N-dealkylation sites (N-methyl/N-ethyl adjacent to an activating group) is 1. The van der Waals surface area contributed by atoms with E-state index in [4.69, 9.17) is 35.3 Å². The van der Waals surface area contributed by atoms with Crippen LogP contribution in [0.1, 0.15) is 58.6 Å². The Hall–Kier alpha value is -2.84. The van der Waals surface area contributed by atoms with Crippen LogP contribution in [0, 0.1) is 0 Å². The third kappa shape index (κ3) is 3.43. The average molecular weight is 478 g/mol. The van der Waals surface area contributed by atoms with Gasteiger partial charge in [-0.15, -0.1) is 11.6 Å². The number of nitrogens with zero attached hydrogens (tertiary/aromatic N) is 1.